The average molecular weight is 278 g/mol. The van der Waals surface area contributed by atoms with Crippen LogP contribution in [-0.2, 0) is 6.54 Å². The van der Waals surface area contributed by atoms with Crippen molar-refractivity contribution in [3.63, 3.8) is 0 Å². The number of H-pyrrole nitrogens is 1. The SMILES string of the molecule is Cc1cc(C)cc(NCc2n[nH]nc2-c2ccccc2)c1. The Labute approximate surface area is 124 Å². The third kappa shape index (κ3) is 3.11. The van der Waals surface area contributed by atoms with Gasteiger partial charge in [-0.3, -0.25) is 0 Å². The van der Waals surface area contributed by atoms with E-state index in [-0.39, 0.29) is 0 Å². The van der Waals surface area contributed by atoms with Crippen LogP contribution in [0.5, 0.6) is 0 Å². The summed E-state index contributed by atoms with van der Waals surface area (Å²) in [5, 5.41) is 14.6. The van der Waals surface area contributed by atoms with Gasteiger partial charge in [0.15, 0.2) is 0 Å². The van der Waals surface area contributed by atoms with Crippen LogP contribution in [0.1, 0.15) is 16.8 Å². The second-order valence-corrected chi connectivity index (χ2v) is 5.21. The predicted octanol–water partition coefficient (Wildman–Crippen LogP) is 3.70. The molecule has 3 aromatic rings. The van der Waals surface area contributed by atoms with Gasteiger partial charge in [0, 0.05) is 11.3 Å². The first-order valence-corrected chi connectivity index (χ1v) is 6.99. The number of rotatable bonds is 4. The van der Waals surface area contributed by atoms with Crippen molar-refractivity contribution < 1.29 is 0 Å². The quantitative estimate of drug-likeness (QED) is 0.765. The molecule has 0 aliphatic carbocycles. The Bertz CT molecular complexity index is 711. The average Bonchev–Trinajstić information content (AvgIpc) is 2.93. The summed E-state index contributed by atoms with van der Waals surface area (Å²) >= 11 is 0. The normalized spacial score (nSPS) is 10.6. The molecular formula is C17H18N4. The molecule has 0 spiro atoms. The van der Waals surface area contributed by atoms with E-state index in [1.165, 1.54) is 11.1 Å². The van der Waals surface area contributed by atoms with E-state index in [4.69, 9.17) is 0 Å². The summed E-state index contributed by atoms with van der Waals surface area (Å²) in [5.41, 5.74) is 6.49. The first-order valence-electron chi connectivity index (χ1n) is 6.99. The number of aryl methyl sites for hydroxylation is 2. The summed E-state index contributed by atoms with van der Waals surface area (Å²) in [5.74, 6) is 0. The highest BCUT2D eigenvalue weighted by atomic mass is 15.3. The fourth-order valence-electron chi connectivity index (χ4n) is 2.47. The summed E-state index contributed by atoms with van der Waals surface area (Å²) in [6, 6.07) is 16.5. The maximum Gasteiger partial charge on any atom is 0.117 e. The van der Waals surface area contributed by atoms with Gasteiger partial charge in [0.2, 0.25) is 0 Å². The molecule has 2 N–H and O–H groups in total. The van der Waals surface area contributed by atoms with Crippen molar-refractivity contribution in [2.75, 3.05) is 5.32 Å². The molecule has 0 unspecified atom stereocenters. The molecule has 4 heteroatoms. The van der Waals surface area contributed by atoms with Crippen LogP contribution in [0.2, 0.25) is 0 Å². The molecule has 1 aromatic heterocycles. The number of nitrogens with one attached hydrogen (secondary N) is 2. The van der Waals surface area contributed by atoms with Gasteiger partial charge >= 0.3 is 0 Å². The Hall–Kier alpha value is -2.62. The fraction of sp³-hybridized carbons (Fsp3) is 0.176. The van der Waals surface area contributed by atoms with Crippen molar-refractivity contribution >= 4 is 5.69 Å². The molecule has 1 heterocycles. The molecule has 0 saturated heterocycles. The molecule has 0 bridgehead atoms. The Morgan fingerprint density at radius 3 is 2.38 bits per heavy atom. The highest BCUT2D eigenvalue weighted by Gasteiger charge is 2.09. The molecule has 4 nitrogen and oxygen atoms in total. The highest BCUT2D eigenvalue weighted by Crippen LogP contribution is 2.20. The Morgan fingerprint density at radius 2 is 1.67 bits per heavy atom. The molecule has 0 aliphatic heterocycles. The number of hydrogen-bond acceptors (Lipinski definition) is 3. The fourth-order valence-corrected chi connectivity index (χ4v) is 2.47. The topological polar surface area (TPSA) is 53.6 Å². The van der Waals surface area contributed by atoms with Crippen molar-refractivity contribution in [2.45, 2.75) is 20.4 Å². The minimum atomic E-state index is 0.642. The van der Waals surface area contributed by atoms with Crippen LogP contribution in [0.25, 0.3) is 11.3 Å². The van der Waals surface area contributed by atoms with E-state index in [0.717, 1.165) is 22.6 Å². The van der Waals surface area contributed by atoms with E-state index < -0.39 is 0 Å². The molecule has 2 aromatic carbocycles. The lowest BCUT2D eigenvalue weighted by Gasteiger charge is -2.08. The lowest BCUT2D eigenvalue weighted by Crippen LogP contribution is -2.02. The molecule has 0 atom stereocenters. The minimum absolute atomic E-state index is 0.642. The van der Waals surface area contributed by atoms with Gasteiger partial charge in [0.1, 0.15) is 11.4 Å². The second kappa shape index (κ2) is 5.79. The Morgan fingerprint density at radius 1 is 0.952 bits per heavy atom. The van der Waals surface area contributed by atoms with Crippen LogP contribution in [-0.4, -0.2) is 15.4 Å². The lowest BCUT2D eigenvalue weighted by molar-refractivity contribution is 0.911. The van der Waals surface area contributed by atoms with Gasteiger partial charge in [0.25, 0.3) is 0 Å². The van der Waals surface area contributed by atoms with E-state index in [9.17, 15) is 0 Å². The van der Waals surface area contributed by atoms with Crippen molar-refractivity contribution in [3.05, 3.63) is 65.4 Å². The summed E-state index contributed by atoms with van der Waals surface area (Å²) in [6.45, 7) is 4.84. The molecule has 0 saturated carbocycles. The molecule has 0 aliphatic rings. The molecular weight excluding hydrogens is 260 g/mol. The smallest absolute Gasteiger partial charge is 0.117 e. The van der Waals surface area contributed by atoms with Crippen molar-refractivity contribution in [3.8, 4) is 11.3 Å². The highest BCUT2D eigenvalue weighted by molar-refractivity contribution is 5.61. The standard InChI is InChI=1S/C17H18N4/c1-12-8-13(2)10-15(9-12)18-11-16-17(20-21-19-16)14-6-4-3-5-7-14/h3-10,18H,11H2,1-2H3,(H,19,20,21). The number of anilines is 1. The van der Waals surface area contributed by atoms with E-state index >= 15 is 0 Å². The summed E-state index contributed by atoms with van der Waals surface area (Å²) in [7, 11) is 0. The van der Waals surface area contributed by atoms with E-state index in [1.807, 2.05) is 30.3 Å². The zero-order valence-electron chi connectivity index (χ0n) is 12.2. The van der Waals surface area contributed by atoms with Gasteiger partial charge in [-0.15, -0.1) is 0 Å². The zero-order valence-corrected chi connectivity index (χ0v) is 12.2. The molecule has 106 valence electrons. The maximum atomic E-state index is 4.26. The number of aromatic amines is 1. The molecule has 0 amide bonds. The second-order valence-electron chi connectivity index (χ2n) is 5.21. The number of aromatic nitrogens is 3. The lowest BCUT2D eigenvalue weighted by atomic mass is 10.1. The Kier molecular flexibility index (Phi) is 3.69. The van der Waals surface area contributed by atoms with E-state index in [0.29, 0.717) is 6.54 Å². The predicted molar refractivity (Wildman–Crippen MR) is 85.1 cm³/mol. The van der Waals surface area contributed by atoms with Crippen molar-refractivity contribution in [1.82, 2.24) is 15.4 Å². The van der Waals surface area contributed by atoms with Gasteiger partial charge in [-0.1, -0.05) is 36.4 Å². The number of hydrogen-bond donors (Lipinski definition) is 2. The van der Waals surface area contributed by atoms with Crippen LogP contribution >= 0.6 is 0 Å². The van der Waals surface area contributed by atoms with Crippen LogP contribution in [0, 0.1) is 13.8 Å². The zero-order chi connectivity index (χ0) is 14.7. The first-order chi connectivity index (χ1) is 10.2. The summed E-state index contributed by atoms with van der Waals surface area (Å²) in [4.78, 5) is 0. The largest absolute Gasteiger partial charge is 0.379 e. The molecule has 0 radical (unpaired) electrons. The minimum Gasteiger partial charge on any atom is -0.379 e. The van der Waals surface area contributed by atoms with E-state index in [1.54, 1.807) is 0 Å². The van der Waals surface area contributed by atoms with Gasteiger partial charge in [0.05, 0.1) is 6.54 Å². The number of benzene rings is 2. The third-order valence-electron chi connectivity index (χ3n) is 3.35. The maximum absolute atomic E-state index is 4.26. The van der Waals surface area contributed by atoms with Crippen LogP contribution < -0.4 is 5.32 Å². The van der Waals surface area contributed by atoms with Crippen LogP contribution in [0.3, 0.4) is 0 Å². The van der Waals surface area contributed by atoms with Crippen LogP contribution in [0.4, 0.5) is 5.69 Å². The molecule has 3 rings (SSSR count). The summed E-state index contributed by atoms with van der Waals surface area (Å²) < 4.78 is 0. The summed E-state index contributed by atoms with van der Waals surface area (Å²) in [6.07, 6.45) is 0. The third-order valence-corrected chi connectivity index (χ3v) is 3.35. The van der Waals surface area contributed by atoms with Crippen LogP contribution in [0.15, 0.2) is 48.5 Å². The first kappa shape index (κ1) is 13.4. The Balaban J connectivity index is 1.79. The van der Waals surface area contributed by atoms with Gasteiger partial charge in [-0.2, -0.15) is 15.4 Å². The van der Waals surface area contributed by atoms with Gasteiger partial charge < -0.3 is 5.32 Å². The van der Waals surface area contributed by atoms with E-state index in [2.05, 4.69) is 52.8 Å². The van der Waals surface area contributed by atoms with Gasteiger partial charge in [-0.05, 0) is 37.1 Å². The monoisotopic (exact) mass is 278 g/mol. The molecule has 0 fully saturated rings. The number of nitrogens with zero attached hydrogens (tertiary/aromatic N) is 2. The van der Waals surface area contributed by atoms with Crippen molar-refractivity contribution in [2.24, 2.45) is 0 Å². The van der Waals surface area contributed by atoms with Gasteiger partial charge in [-0.25, -0.2) is 0 Å². The molecule has 21 heavy (non-hydrogen) atoms. The van der Waals surface area contributed by atoms with Crippen molar-refractivity contribution in [1.29, 1.82) is 0 Å².